The first-order chi connectivity index (χ1) is 12.9. The van der Waals surface area contributed by atoms with Gasteiger partial charge in [-0.15, -0.1) is 0 Å². The first-order valence-corrected chi connectivity index (χ1v) is 8.09. The molecule has 0 spiro atoms. The van der Waals surface area contributed by atoms with Crippen molar-refractivity contribution in [2.24, 2.45) is 0 Å². The van der Waals surface area contributed by atoms with Gasteiger partial charge in [-0.2, -0.15) is 0 Å². The molecular formula is C19H16FN3O4. The molecule has 3 rings (SSSR count). The Bertz CT molecular complexity index is 1010. The quantitative estimate of drug-likeness (QED) is 0.620. The highest BCUT2D eigenvalue weighted by atomic mass is 19.1. The van der Waals surface area contributed by atoms with Gasteiger partial charge in [0.1, 0.15) is 11.5 Å². The highest BCUT2D eigenvalue weighted by Gasteiger charge is 2.21. The topological polar surface area (TPSA) is 104 Å². The number of aromatic amines is 1. The molecule has 3 aromatic rings. The highest BCUT2D eigenvalue weighted by Crippen LogP contribution is 2.18. The summed E-state index contributed by atoms with van der Waals surface area (Å²) in [6, 6.07) is 14.1. The summed E-state index contributed by atoms with van der Waals surface area (Å²) in [6.07, 6.45) is -0.388. The van der Waals surface area contributed by atoms with Crippen molar-refractivity contribution in [1.82, 2.24) is 15.1 Å². The predicted octanol–water partition coefficient (Wildman–Crippen LogP) is 2.25. The second kappa shape index (κ2) is 7.69. The van der Waals surface area contributed by atoms with Gasteiger partial charge in [0.25, 0.3) is 11.5 Å². The summed E-state index contributed by atoms with van der Waals surface area (Å²) >= 11 is 0. The molecule has 1 aromatic heterocycles. The van der Waals surface area contributed by atoms with Gasteiger partial charge in [0.2, 0.25) is 0 Å². The average Bonchev–Trinajstić information content (AvgIpc) is 3.04. The van der Waals surface area contributed by atoms with Crippen molar-refractivity contribution in [2.75, 3.05) is 0 Å². The van der Waals surface area contributed by atoms with Crippen LogP contribution in [-0.2, 0) is 4.79 Å². The number of hydrogen-bond acceptors (Lipinski definition) is 3. The van der Waals surface area contributed by atoms with Gasteiger partial charge in [0.05, 0.1) is 18.2 Å². The van der Waals surface area contributed by atoms with Crippen molar-refractivity contribution in [3.05, 3.63) is 88.1 Å². The van der Waals surface area contributed by atoms with Crippen LogP contribution < -0.4 is 10.9 Å². The lowest BCUT2D eigenvalue weighted by Crippen LogP contribution is -2.30. The number of carbonyl (C=O) groups excluding carboxylic acids is 1. The number of para-hydroxylation sites is 1. The number of carboxylic acids is 1. The summed E-state index contributed by atoms with van der Waals surface area (Å²) in [5, 5.41) is 14.4. The predicted molar refractivity (Wildman–Crippen MR) is 95.2 cm³/mol. The van der Waals surface area contributed by atoms with Gasteiger partial charge in [-0.1, -0.05) is 30.3 Å². The minimum Gasteiger partial charge on any atom is -0.481 e. The van der Waals surface area contributed by atoms with Gasteiger partial charge in [-0.05, 0) is 29.8 Å². The average molecular weight is 369 g/mol. The van der Waals surface area contributed by atoms with E-state index in [0.29, 0.717) is 11.3 Å². The molecule has 138 valence electrons. The smallest absolute Gasteiger partial charge is 0.305 e. The minimum atomic E-state index is -1.13. The Morgan fingerprint density at radius 3 is 2.41 bits per heavy atom. The number of hydrogen-bond donors (Lipinski definition) is 3. The molecule has 0 aliphatic heterocycles. The number of aromatic nitrogens is 2. The molecule has 2 aromatic carbocycles. The second-order valence-corrected chi connectivity index (χ2v) is 5.85. The fourth-order valence-corrected chi connectivity index (χ4v) is 2.64. The molecule has 1 heterocycles. The fourth-order valence-electron chi connectivity index (χ4n) is 2.64. The van der Waals surface area contributed by atoms with Crippen LogP contribution in [0.1, 0.15) is 28.5 Å². The van der Waals surface area contributed by atoms with Crippen molar-refractivity contribution in [2.45, 2.75) is 12.5 Å². The van der Waals surface area contributed by atoms with Crippen LogP contribution >= 0.6 is 0 Å². The summed E-state index contributed by atoms with van der Waals surface area (Å²) < 4.78 is 14.3. The SMILES string of the molecule is O=C(O)C[C@H](NC(=O)c1cc(=O)n(-c2ccccc2)[nH]1)c1ccc(F)cc1. The lowest BCUT2D eigenvalue weighted by Gasteiger charge is -2.17. The van der Waals surface area contributed by atoms with Gasteiger partial charge >= 0.3 is 5.97 Å². The molecule has 0 radical (unpaired) electrons. The zero-order valence-corrected chi connectivity index (χ0v) is 14.1. The van der Waals surface area contributed by atoms with Gasteiger partial charge in [-0.25, -0.2) is 9.07 Å². The molecule has 0 bridgehead atoms. The molecular weight excluding hydrogens is 353 g/mol. The van der Waals surface area contributed by atoms with Crippen LogP contribution in [0.25, 0.3) is 5.69 Å². The van der Waals surface area contributed by atoms with Crippen LogP contribution in [0.5, 0.6) is 0 Å². The summed E-state index contributed by atoms with van der Waals surface area (Å²) in [4.78, 5) is 35.8. The molecule has 1 amide bonds. The Hall–Kier alpha value is -3.68. The summed E-state index contributed by atoms with van der Waals surface area (Å²) in [5.74, 6) is -2.24. The number of amides is 1. The molecule has 0 aliphatic carbocycles. The van der Waals surface area contributed by atoms with E-state index in [1.807, 2.05) is 0 Å². The van der Waals surface area contributed by atoms with Crippen molar-refractivity contribution < 1.29 is 19.1 Å². The zero-order valence-electron chi connectivity index (χ0n) is 14.1. The number of carboxylic acid groups (broad SMARTS) is 1. The number of nitrogens with one attached hydrogen (secondary N) is 2. The third kappa shape index (κ3) is 4.30. The number of rotatable bonds is 6. The molecule has 0 unspecified atom stereocenters. The molecule has 1 atom stereocenters. The van der Waals surface area contributed by atoms with Gasteiger partial charge < -0.3 is 10.4 Å². The number of carbonyl (C=O) groups is 2. The molecule has 27 heavy (non-hydrogen) atoms. The van der Waals surface area contributed by atoms with E-state index in [4.69, 9.17) is 5.11 Å². The first-order valence-electron chi connectivity index (χ1n) is 8.09. The van der Waals surface area contributed by atoms with Gasteiger partial charge in [0, 0.05) is 6.07 Å². The molecule has 0 aliphatic rings. The van der Waals surface area contributed by atoms with E-state index in [-0.39, 0.29) is 12.1 Å². The number of H-pyrrole nitrogens is 1. The lowest BCUT2D eigenvalue weighted by atomic mass is 10.0. The third-order valence-corrected chi connectivity index (χ3v) is 3.94. The van der Waals surface area contributed by atoms with Crippen LogP contribution in [0.4, 0.5) is 4.39 Å². The summed E-state index contributed by atoms with van der Waals surface area (Å²) in [6.45, 7) is 0. The summed E-state index contributed by atoms with van der Waals surface area (Å²) in [7, 11) is 0. The van der Waals surface area contributed by atoms with E-state index in [2.05, 4.69) is 10.4 Å². The molecule has 3 N–H and O–H groups in total. The van der Waals surface area contributed by atoms with Gasteiger partial charge in [-0.3, -0.25) is 19.5 Å². The van der Waals surface area contributed by atoms with E-state index in [9.17, 15) is 18.8 Å². The van der Waals surface area contributed by atoms with Crippen molar-refractivity contribution >= 4 is 11.9 Å². The molecule has 8 heteroatoms. The number of nitrogens with zero attached hydrogens (tertiary/aromatic N) is 1. The van der Waals surface area contributed by atoms with E-state index < -0.39 is 29.3 Å². The van der Waals surface area contributed by atoms with Crippen molar-refractivity contribution in [3.63, 3.8) is 0 Å². The van der Waals surface area contributed by atoms with E-state index in [0.717, 1.165) is 6.07 Å². The maximum atomic E-state index is 13.1. The third-order valence-electron chi connectivity index (χ3n) is 3.94. The fraction of sp³-hybridized carbons (Fsp3) is 0.105. The maximum Gasteiger partial charge on any atom is 0.305 e. The van der Waals surface area contributed by atoms with Crippen LogP contribution in [-0.4, -0.2) is 26.8 Å². The minimum absolute atomic E-state index is 0.0126. The molecule has 7 nitrogen and oxygen atoms in total. The summed E-state index contributed by atoms with van der Waals surface area (Å²) in [5.41, 5.74) is 0.559. The van der Waals surface area contributed by atoms with E-state index in [1.54, 1.807) is 30.3 Å². The maximum absolute atomic E-state index is 13.1. The Morgan fingerprint density at radius 2 is 1.78 bits per heavy atom. The Labute approximate surface area is 153 Å². The monoisotopic (exact) mass is 369 g/mol. The van der Waals surface area contributed by atoms with E-state index >= 15 is 0 Å². The number of benzene rings is 2. The van der Waals surface area contributed by atoms with Gasteiger partial charge in [0.15, 0.2) is 0 Å². The number of aliphatic carboxylic acids is 1. The van der Waals surface area contributed by atoms with Crippen molar-refractivity contribution in [1.29, 1.82) is 0 Å². The Balaban J connectivity index is 1.85. The lowest BCUT2D eigenvalue weighted by molar-refractivity contribution is -0.137. The molecule has 0 saturated heterocycles. The zero-order chi connectivity index (χ0) is 19.4. The van der Waals surface area contributed by atoms with Crippen LogP contribution in [0.15, 0.2) is 65.5 Å². The second-order valence-electron chi connectivity index (χ2n) is 5.85. The van der Waals surface area contributed by atoms with E-state index in [1.165, 1.54) is 28.9 Å². The normalized spacial score (nSPS) is 11.7. The largest absolute Gasteiger partial charge is 0.481 e. The highest BCUT2D eigenvalue weighted by molar-refractivity contribution is 5.92. The molecule has 0 saturated carbocycles. The molecule has 0 fully saturated rings. The van der Waals surface area contributed by atoms with Crippen LogP contribution in [0, 0.1) is 5.82 Å². The van der Waals surface area contributed by atoms with Crippen LogP contribution in [0.2, 0.25) is 0 Å². The van der Waals surface area contributed by atoms with Crippen LogP contribution in [0.3, 0.4) is 0 Å². The Morgan fingerprint density at radius 1 is 1.11 bits per heavy atom. The Kier molecular flexibility index (Phi) is 5.16. The first kappa shape index (κ1) is 18.1. The van der Waals surface area contributed by atoms with Crippen molar-refractivity contribution in [3.8, 4) is 5.69 Å². The number of halogens is 1. The standard InChI is InChI=1S/C19H16FN3O4/c20-13-8-6-12(7-9-13)15(11-18(25)26)21-19(27)16-10-17(24)23(22-16)14-4-2-1-3-5-14/h1-10,15,22H,11H2,(H,21,27)(H,25,26)/t15-/m0/s1.